The number of halogens is 2. The lowest BCUT2D eigenvalue weighted by Gasteiger charge is -2.32. The lowest BCUT2D eigenvalue weighted by atomic mass is 9.80. The number of aromatic nitrogens is 3. The number of ether oxygens (including phenoxy) is 3. The van der Waals surface area contributed by atoms with Crippen molar-refractivity contribution < 1.29 is 32.9 Å². The number of fused-ring (bicyclic) bond motifs is 2. The summed E-state index contributed by atoms with van der Waals surface area (Å²) >= 11 is 0. The maximum absolute atomic E-state index is 16.3. The number of carboxylic acid groups (broad SMARTS) is 1. The van der Waals surface area contributed by atoms with Crippen LogP contribution in [0.3, 0.4) is 0 Å². The Balaban J connectivity index is 1.87. The van der Waals surface area contributed by atoms with E-state index in [0.29, 0.717) is 41.4 Å². The van der Waals surface area contributed by atoms with Gasteiger partial charge in [-0.3, -0.25) is 5.10 Å². The number of hydrogen-bond donors (Lipinski definition) is 2. The minimum absolute atomic E-state index is 0.0616. The van der Waals surface area contributed by atoms with Crippen LogP contribution in [0.1, 0.15) is 43.9 Å². The molecule has 8 nitrogen and oxygen atoms in total. The van der Waals surface area contributed by atoms with E-state index in [9.17, 15) is 14.3 Å². The molecular weight excluding hydrogens is 484 g/mol. The van der Waals surface area contributed by atoms with E-state index in [1.807, 2.05) is 24.5 Å². The molecule has 2 atom stereocenters. The van der Waals surface area contributed by atoms with Gasteiger partial charge in [0.05, 0.1) is 32.0 Å². The first kappa shape index (κ1) is 25.2. The number of H-pyrrole nitrogens is 1. The molecule has 2 N–H and O–H groups in total. The summed E-state index contributed by atoms with van der Waals surface area (Å²) < 4.78 is 49.1. The summed E-state index contributed by atoms with van der Waals surface area (Å²) in [5.74, 6) is -2.19. The smallest absolute Gasteiger partial charge is 0.332 e. The molecule has 2 aromatic heterocycles. The highest BCUT2D eigenvalue weighted by Gasteiger charge is 2.38. The van der Waals surface area contributed by atoms with Crippen LogP contribution in [-0.4, -0.2) is 59.4 Å². The topological polar surface area (TPSA) is 98.6 Å². The Morgan fingerprint density at radius 1 is 1.27 bits per heavy atom. The van der Waals surface area contributed by atoms with Crippen LogP contribution >= 0.6 is 0 Å². The predicted molar refractivity (Wildman–Crippen MR) is 134 cm³/mol. The second kappa shape index (κ2) is 9.42. The summed E-state index contributed by atoms with van der Waals surface area (Å²) in [6.45, 7) is 4.45. The van der Waals surface area contributed by atoms with Gasteiger partial charge in [-0.2, -0.15) is 5.10 Å². The van der Waals surface area contributed by atoms with Gasteiger partial charge in [0.25, 0.3) is 0 Å². The zero-order valence-electron chi connectivity index (χ0n) is 21.1. The fourth-order valence-electron chi connectivity index (χ4n) is 5.55. The number of nitrogens with zero attached hydrogens (tertiary/aromatic N) is 2. The van der Waals surface area contributed by atoms with Crippen molar-refractivity contribution in [3.8, 4) is 11.4 Å². The number of nitrogens with one attached hydrogen (secondary N) is 1. The van der Waals surface area contributed by atoms with Crippen LogP contribution < -0.4 is 4.74 Å². The SMILES string of the molecule is COCC(C)(C)c1c([C@H]2CC[C@H](C(=O)O)OC2)c2c(F)c3[nH]ncc3cc2n1-c1ccc(F)c(OC)c1. The number of carbonyl (C=O) groups is 1. The van der Waals surface area contributed by atoms with Crippen LogP contribution in [0.2, 0.25) is 0 Å². The Hall–Kier alpha value is -3.50. The van der Waals surface area contributed by atoms with E-state index in [2.05, 4.69) is 10.2 Å². The lowest BCUT2D eigenvalue weighted by molar-refractivity contribution is -0.153. The molecule has 0 saturated carbocycles. The van der Waals surface area contributed by atoms with Gasteiger partial charge in [-0.1, -0.05) is 13.8 Å². The summed E-state index contributed by atoms with van der Waals surface area (Å²) in [5.41, 5.74) is 2.33. The average molecular weight is 514 g/mol. The molecular formula is C27H29F2N3O5. The van der Waals surface area contributed by atoms with Crippen molar-refractivity contribution in [2.24, 2.45) is 0 Å². The molecule has 2 aromatic carbocycles. The Kier molecular flexibility index (Phi) is 6.41. The van der Waals surface area contributed by atoms with Crippen molar-refractivity contribution >= 4 is 27.8 Å². The van der Waals surface area contributed by atoms with E-state index < -0.39 is 29.1 Å². The normalized spacial score (nSPS) is 18.5. The van der Waals surface area contributed by atoms with Crippen molar-refractivity contribution in [2.45, 2.75) is 44.1 Å². The molecule has 0 amide bonds. The molecule has 0 spiro atoms. The molecule has 1 aliphatic heterocycles. The third-order valence-corrected chi connectivity index (χ3v) is 7.14. The summed E-state index contributed by atoms with van der Waals surface area (Å²) in [6, 6.07) is 6.39. The molecule has 1 aliphatic rings. The molecule has 5 rings (SSSR count). The number of hydrogen-bond acceptors (Lipinski definition) is 5. The molecule has 196 valence electrons. The number of benzene rings is 2. The predicted octanol–water partition coefficient (Wildman–Crippen LogP) is 5.06. The minimum Gasteiger partial charge on any atom is -0.494 e. The molecule has 0 aliphatic carbocycles. The molecule has 37 heavy (non-hydrogen) atoms. The fraction of sp³-hybridized carbons (Fsp3) is 0.407. The van der Waals surface area contributed by atoms with Gasteiger partial charge < -0.3 is 23.9 Å². The van der Waals surface area contributed by atoms with Gasteiger partial charge in [0.1, 0.15) is 5.52 Å². The highest BCUT2D eigenvalue weighted by molar-refractivity contribution is 6.00. The second-order valence-electron chi connectivity index (χ2n) is 10.1. The summed E-state index contributed by atoms with van der Waals surface area (Å²) in [6.07, 6.45) is 1.46. The zero-order chi connectivity index (χ0) is 26.5. The molecule has 3 heterocycles. The molecule has 1 saturated heterocycles. The van der Waals surface area contributed by atoms with E-state index in [1.165, 1.54) is 13.2 Å². The Bertz CT molecular complexity index is 1480. The van der Waals surface area contributed by atoms with Crippen molar-refractivity contribution in [1.29, 1.82) is 0 Å². The second-order valence-corrected chi connectivity index (χ2v) is 10.1. The van der Waals surface area contributed by atoms with Crippen LogP contribution in [0.4, 0.5) is 8.78 Å². The van der Waals surface area contributed by atoms with Crippen molar-refractivity contribution in [3.05, 3.63) is 53.4 Å². The molecule has 4 aromatic rings. The number of aromatic amines is 1. The van der Waals surface area contributed by atoms with Gasteiger partial charge in [-0.15, -0.1) is 0 Å². The third-order valence-electron chi connectivity index (χ3n) is 7.14. The van der Waals surface area contributed by atoms with Crippen LogP contribution in [0, 0.1) is 11.6 Å². The third kappa shape index (κ3) is 4.14. The van der Waals surface area contributed by atoms with Crippen molar-refractivity contribution in [2.75, 3.05) is 27.4 Å². The summed E-state index contributed by atoms with van der Waals surface area (Å²) in [5, 5.41) is 17.2. The van der Waals surface area contributed by atoms with Crippen molar-refractivity contribution in [3.63, 3.8) is 0 Å². The van der Waals surface area contributed by atoms with Gasteiger partial charge >= 0.3 is 5.97 Å². The van der Waals surface area contributed by atoms with E-state index >= 15 is 4.39 Å². The fourth-order valence-corrected chi connectivity index (χ4v) is 5.55. The number of rotatable bonds is 7. The van der Waals surface area contributed by atoms with Gasteiger partial charge in [0, 0.05) is 46.7 Å². The molecule has 1 fully saturated rings. The highest BCUT2D eigenvalue weighted by atomic mass is 19.1. The van der Waals surface area contributed by atoms with Gasteiger partial charge in [0.2, 0.25) is 0 Å². The van der Waals surface area contributed by atoms with E-state index in [-0.39, 0.29) is 23.8 Å². The van der Waals surface area contributed by atoms with E-state index in [0.717, 1.165) is 11.3 Å². The zero-order valence-corrected chi connectivity index (χ0v) is 21.1. The van der Waals surface area contributed by atoms with Gasteiger partial charge in [0.15, 0.2) is 23.5 Å². The average Bonchev–Trinajstić information content (AvgIpc) is 3.48. The van der Waals surface area contributed by atoms with Gasteiger partial charge in [-0.25, -0.2) is 13.6 Å². The van der Waals surface area contributed by atoms with Crippen LogP contribution in [0.25, 0.3) is 27.5 Å². The molecule has 10 heteroatoms. The first-order chi connectivity index (χ1) is 17.7. The summed E-state index contributed by atoms with van der Waals surface area (Å²) in [4.78, 5) is 11.5. The molecule has 0 unspecified atom stereocenters. The van der Waals surface area contributed by atoms with Crippen molar-refractivity contribution in [1.82, 2.24) is 14.8 Å². The first-order valence-electron chi connectivity index (χ1n) is 12.1. The minimum atomic E-state index is -1.01. The maximum atomic E-state index is 16.3. The molecule has 0 bridgehead atoms. The molecule has 0 radical (unpaired) electrons. The largest absolute Gasteiger partial charge is 0.494 e. The van der Waals surface area contributed by atoms with Gasteiger partial charge in [-0.05, 0) is 36.6 Å². The van der Waals surface area contributed by atoms with E-state index in [1.54, 1.807) is 25.4 Å². The van der Waals surface area contributed by atoms with Crippen LogP contribution in [0.15, 0.2) is 30.5 Å². The first-order valence-corrected chi connectivity index (χ1v) is 12.1. The quantitative estimate of drug-likeness (QED) is 0.358. The highest BCUT2D eigenvalue weighted by Crippen LogP contribution is 2.46. The number of carboxylic acids is 1. The maximum Gasteiger partial charge on any atom is 0.332 e. The van der Waals surface area contributed by atoms with Crippen LogP contribution in [-0.2, 0) is 19.7 Å². The number of aliphatic carboxylic acids is 1. The van der Waals surface area contributed by atoms with Crippen LogP contribution in [0.5, 0.6) is 5.75 Å². The standard InChI is InChI=1S/C27H29F2N3O5/c1-27(2,13-35-3)25-21(14-5-8-19(26(33)34)37-12-14)22-18(9-15-11-30-31-24(15)23(22)29)32(25)16-6-7-17(28)20(10-16)36-4/h6-7,9-11,14,19H,5,8,12-13H2,1-4H3,(H,30,31)(H,33,34)/t14-,19+/m0/s1. The Morgan fingerprint density at radius 2 is 2.05 bits per heavy atom. The number of methoxy groups -OCH3 is 2. The van der Waals surface area contributed by atoms with E-state index in [4.69, 9.17) is 14.2 Å². The monoisotopic (exact) mass is 513 g/mol. The Morgan fingerprint density at radius 3 is 2.70 bits per heavy atom. The lowest BCUT2D eigenvalue weighted by Crippen LogP contribution is -2.33. The Labute approximate surface area is 212 Å². The summed E-state index contributed by atoms with van der Waals surface area (Å²) in [7, 11) is 3.00.